The van der Waals surface area contributed by atoms with Gasteiger partial charge in [0.15, 0.2) is 0 Å². The van der Waals surface area contributed by atoms with Crippen LogP contribution in [0.15, 0.2) is 67.1 Å². The molecule has 4 heterocycles. The summed E-state index contributed by atoms with van der Waals surface area (Å²) in [7, 11) is 0. The molecule has 0 bridgehead atoms. The maximum absolute atomic E-state index is 6.75. The summed E-state index contributed by atoms with van der Waals surface area (Å²) in [5.41, 5.74) is 7.02. The molecule has 6 nitrogen and oxygen atoms in total. The standard InChI is InChI=1S/C28H31N5O/c1-20-3-2-4-24-21(18-31-27(20)24)9-16-33-19-28(10-14-30-15-11-28)34-26-17-23(5-6-25(26)33)32-22-7-12-29-13-8-22/h2-8,12-13,17-18,30-31H,9-11,14-16,19H2,1H3,(H,29,32). The Balaban J connectivity index is 1.29. The van der Waals surface area contributed by atoms with E-state index in [1.165, 1.54) is 27.7 Å². The van der Waals surface area contributed by atoms with Crippen molar-refractivity contribution in [3.8, 4) is 5.75 Å². The molecule has 0 amide bonds. The first-order valence-electron chi connectivity index (χ1n) is 12.2. The second-order valence-electron chi connectivity index (χ2n) is 9.56. The number of aryl methyl sites for hydroxylation is 1. The summed E-state index contributed by atoms with van der Waals surface area (Å²) in [6.45, 7) is 6.06. The van der Waals surface area contributed by atoms with Gasteiger partial charge in [0.2, 0.25) is 0 Å². The second kappa shape index (κ2) is 8.69. The lowest BCUT2D eigenvalue weighted by Gasteiger charge is -2.47. The molecule has 1 saturated heterocycles. The number of para-hydroxylation sites is 1. The van der Waals surface area contributed by atoms with Crippen molar-refractivity contribution >= 4 is 28.0 Å². The Morgan fingerprint density at radius 3 is 2.76 bits per heavy atom. The van der Waals surface area contributed by atoms with Gasteiger partial charge in [0, 0.05) is 66.3 Å². The van der Waals surface area contributed by atoms with Crippen molar-refractivity contribution in [2.45, 2.75) is 31.8 Å². The molecule has 0 radical (unpaired) electrons. The van der Waals surface area contributed by atoms with Crippen LogP contribution in [-0.2, 0) is 6.42 Å². The van der Waals surface area contributed by atoms with Crippen molar-refractivity contribution in [3.05, 3.63) is 78.2 Å². The van der Waals surface area contributed by atoms with Crippen molar-refractivity contribution in [3.63, 3.8) is 0 Å². The van der Waals surface area contributed by atoms with Gasteiger partial charge in [0.05, 0.1) is 12.2 Å². The SMILES string of the molecule is Cc1cccc2c(CCN3CC4(CCNCC4)Oc4cc(Nc5ccncc5)ccc43)c[nH]c12. The number of nitrogens with zero attached hydrogens (tertiary/aromatic N) is 2. The summed E-state index contributed by atoms with van der Waals surface area (Å²) in [5, 5.41) is 8.32. The molecule has 6 heteroatoms. The quantitative estimate of drug-likeness (QED) is 0.389. The number of hydrogen-bond acceptors (Lipinski definition) is 5. The fraction of sp³-hybridized carbons (Fsp3) is 0.321. The van der Waals surface area contributed by atoms with Crippen LogP contribution in [0.5, 0.6) is 5.75 Å². The number of ether oxygens (including phenoxy) is 1. The molecule has 174 valence electrons. The molecule has 0 unspecified atom stereocenters. The molecule has 34 heavy (non-hydrogen) atoms. The van der Waals surface area contributed by atoms with Gasteiger partial charge >= 0.3 is 0 Å². The Morgan fingerprint density at radius 1 is 1.06 bits per heavy atom. The van der Waals surface area contributed by atoms with Crippen molar-refractivity contribution < 1.29 is 4.74 Å². The van der Waals surface area contributed by atoms with Crippen LogP contribution in [0.3, 0.4) is 0 Å². The molecule has 2 aliphatic heterocycles. The summed E-state index contributed by atoms with van der Waals surface area (Å²) < 4.78 is 6.75. The lowest BCUT2D eigenvalue weighted by atomic mass is 9.89. The number of aromatic amines is 1. The zero-order chi connectivity index (χ0) is 23.0. The highest BCUT2D eigenvalue weighted by molar-refractivity contribution is 5.86. The molecule has 2 aliphatic rings. The topological polar surface area (TPSA) is 65.2 Å². The molecule has 6 rings (SSSR count). The molecule has 2 aromatic carbocycles. The molecule has 2 aromatic heterocycles. The van der Waals surface area contributed by atoms with Crippen LogP contribution in [0.2, 0.25) is 0 Å². The van der Waals surface area contributed by atoms with E-state index in [0.717, 1.165) is 62.6 Å². The third-order valence-electron chi connectivity index (χ3n) is 7.25. The average molecular weight is 454 g/mol. The number of hydrogen-bond donors (Lipinski definition) is 3. The number of fused-ring (bicyclic) bond motifs is 2. The largest absolute Gasteiger partial charge is 0.483 e. The van der Waals surface area contributed by atoms with Crippen LogP contribution in [0.1, 0.15) is 24.0 Å². The van der Waals surface area contributed by atoms with Crippen LogP contribution < -0.4 is 20.3 Å². The normalized spacial score (nSPS) is 16.9. The Bertz CT molecular complexity index is 1290. The van der Waals surface area contributed by atoms with Crippen LogP contribution in [-0.4, -0.2) is 41.7 Å². The first-order valence-corrected chi connectivity index (χ1v) is 12.2. The zero-order valence-electron chi connectivity index (χ0n) is 19.6. The predicted molar refractivity (Wildman–Crippen MR) is 138 cm³/mol. The number of piperidine rings is 1. The van der Waals surface area contributed by atoms with Crippen LogP contribution in [0.25, 0.3) is 10.9 Å². The van der Waals surface area contributed by atoms with E-state index in [2.05, 4.69) is 75.0 Å². The first kappa shape index (κ1) is 21.1. The van der Waals surface area contributed by atoms with Crippen LogP contribution in [0.4, 0.5) is 17.1 Å². The predicted octanol–water partition coefficient (Wildman–Crippen LogP) is 5.18. The summed E-state index contributed by atoms with van der Waals surface area (Å²) in [6.07, 6.45) is 8.83. The van der Waals surface area contributed by atoms with Gasteiger partial charge in [0.1, 0.15) is 11.4 Å². The van der Waals surface area contributed by atoms with Gasteiger partial charge in [-0.1, -0.05) is 18.2 Å². The van der Waals surface area contributed by atoms with E-state index >= 15 is 0 Å². The number of nitrogens with one attached hydrogen (secondary N) is 3. The van der Waals surface area contributed by atoms with Crippen molar-refractivity contribution in [2.75, 3.05) is 36.4 Å². The molecular formula is C28H31N5O. The van der Waals surface area contributed by atoms with Gasteiger partial charge in [-0.15, -0.1) is 0 Å². The number of H-pyrrole nitrogens is 1. The third-order valence-corrected chi connectivity index (χ3v) is 7.25. The number of anilines is 3. The molecule has 4 aromatic rings. The summed E-state index contributed by atoms with van der Waals surface area (Å²) >= 11 is 0. The zero-order valence-corrected chi connectivity index (χ0v) is 19.6. The Kier molecular flexibility index (Phi) is 5.38. The van der Waals surface area contributed by atoms with Crippen molar-refractivity contribution in [1.29, 1.82) is 0 Å². The summed E-state index contributed by atoms with van der Waals surface area (Å²) in [4.78, 5) is 10.1. The van der Waals surface area contributed by atoms with E-state index in [0.29, 0.717) is 0 Å². The van der Waals surface area contributed by atoms with Gasteiger partial charge < -0.3 is 25.3 Å². The molecule has 1 fully saturated rings. The second-order valence-corrected chi connectivity index (χ2v) is 9.56. The Hall–Kier alpha value is -3.51. The van der Waals surface area contributed by atoms with Gasteiger partial charge in [-0.2, -0.15) is 0 Å². The van der Waals surface area contributed by atoms with E-state index in [-0.39, 0.29) is 5.60 Å². The molecule has 1 spiro atoms. The smallest absolute Gasteiger partial charge is 0.145 e. The van der Waals surface area contributed by atoms with Crippen LogP contribution in [0, 0.1) is 6.92 Å². The Morgan fingerprint density at radius 2 is 1.91 bits per heavy atom. The summed E-state index contributed by atoms with van der Waals surface area (Å²) in [6, 6.07) is 17.0. The average Bonchev–Trinajstić information content (AvgIpc) is 3.28. The van der Waals surface area contributed by atoms with E-state index in [1.807, 2.05) is 12.1 Å². The number of rotatable bonds is 5. The fourth-order valence-electron chi connectivity index (χ4n) is 5.40. The fourth-order valence-corrected chi connectivity index (χ4v) is 5.40. The lowest BCUT2D eigenvalue weighted by molar-refractivity contribution is 0.0351. The lowest BCUT2D eigenvalue weighted by Crippen LogP contribution is -2.56. The van der Waals surface area contributed by atoms with Gasteiger partial charge in [-0.05, 0) is 61.8 Å². The third kappa shape index (κ3) is 3.99. The molecule has 3 N–H and O–H groups in total. The van der Waals surface area contributed by atoms with E-state index in [1.54, 1.807) is 12.4 Å². The Labute approximate surface area is 200 Å². The first-order chi connectivity index (χ1) is 16.7. The van der Waals surface area contributed by atoms with Crippen molar-refractivity contribution in [2.24, 2.45) is 0 Å². The van der Waals surface area contributed by atoms with Crippen molar-refractivity contribution in [1.82, 2.24) is 15.3 Å². The monoisotopic (exact) mass is 453 g/mol. The highest BCUT2D eigenvalue weighted by Crippen LogP contribution is 2.42. The molecular weight excluding hydrogens is 422 g/mol. The maximum Gasteiger partial charge on any atom is 0.145 e. The maximum atomic E-state index is 6.75. The van der Waals surface area contributed by atoms with Crippen LogP contribution >= 0.6 is 0 Å². The number of benzene rings is 2. The molecule has 0 atom stereocenters. The van der Waals surface area contributed by atoms with E-state index < -0.39 is 0 Å². The minimum absolute atomic E-state index is 0.135. The van der Waals surface area contributed by atoms with Gasteiger partial charge in [0.25, 0.3) is 0 Å². The summed E-state index contributed by atoms with van der Waals surface area (Å²) in [5.74, 6) is 0.974. The minimum atomic E-state index is -0.135. The number of aromatic nitrogens is 2. The molecule has 0 saturated carbocycles. The van der Waals surface area contributed by atoms with Gasteiger partial charge in [-0.25, -0.2) is 0 Å². The molecule has 0 aliphatic carbocycles. The van der Waals surface area contributed by atoms with Gasteiger partial charge in [-0.3, -0.25) is 4.98 Å². The highest BCUT2D eigenvalue weighted by atomic mass is 16.5. The van der Waals surface area contributed by atoms with E-state index in [9.17, 15) is 0 Å². The van der Waals surface area contributed by atoms with E-state index in [4.69, 9.17) is 4.74 Å². The minimum Gasteiger partial charge on any atom is -0.483 e. The number of pyridine rings is 1. The highest BCUT2D eigenvalue weighted by Gasteiger charge is 2.40.